The minimum Gasteiger partial charge on any atom is -0.353 e. The lowest BCUT2D eigenvalue weighted by Crippen LogP contribution is -2.52. The van der Waals surface area contributed by atoms with E-state index in [0.717, 1.165) is 44.8 Å². The molecule has 1 atom stereocenters. The van der Waals surface area contributed by atoms with Crippen molar-refractivity contribution in [2.24, 2.45) is 5.73 Å². The summed E-state index contributed by atoms with van der Waals surface area (Å²) >= 11 is 3.32. The number of H-pyrrole nitrogens is 1. The summed E-state index contributed by atoms with van der Waals surface area (Å²) in [6.07, 6.45) is 3.75. The number of rotatable bonds is 5. The van der Waals surface area contributed by atoms with Crippen LogP contribution in [0, 0.1) is 0 Å². The van der Waals surface area contributed by atoms with Gasteiger partial charge in [-0.05, 0) is 22.4 Å². The van der Waals surface area contributed by atoms with Crippen molar-refractivity contribution in [3.05, 3.63) is 21.2 Å². The van der Waals surface area contributed by atoms with E-state index in [4.69, 9.17) is 5.73 Å². The van der Waals surface area contributed by atoms with Crippen molar-refractivity contribution >= 4 is 21.7 Å². The lowest BCUT2D eigenvalue weighted by Gasteiger charge is -2.39. The number of hydrogen-bond acceptors (Lipinski definition) is 5. The fourth-order valence-electron chi connectivity index (χ4n) is 2.68. The first-order valence-electron chi connectivity index (χ1n) is 7.09. The molecule has 0 aromatic carbocycles. The maximum Gasteiger partial charge on any atom is 0.267 e. The van der Waals surface area contributed by atoms with Crippen molar-refractivity contribution in [3.63, 3.8) is 0 Å². The monoisotopic (exact) mass is 343 g/mol. The van der Waals surface area contributed by atoms with Crippen LogP contribution in [-0.4, -0.2) is 53.6 Å². The first-order chi connectivity index (χ1) is 9.67. The Hall–Kier alpha value is -0.920. The number of anilines is 1. The average Bonchev–Trinajstić information content (AvgIpc) is 2.48. The SMILES string of the molecule is CCCC(CN)N1CCN(c2nc[nH]c(=O)c2Br)CC1. The third kappa shape index (κ3) is 3.39. The molecule has 1 aromatic heterocycles. The van der Waals surface area contributed by atoms with Gasteiger partial charge in [0.1, 0.15) is 10.3 Å². The van der Waals surface area contributed by atoms with Crippen LogP contribution in [0.3, 0.4) is 0 Å². The summed E-state index contributed by atoms with van der Waals surface area (Å²) in [5.74, 6) is 0.730. The molecule has 2 heterocycles. The van der Waals surface area contributed by atoms with Crippen LogP contribution in [0.4, 0.5) is 5.82 Å². The maximum atomic E-state index is 11.6. The molecule has 0 bridgehead atoms. The lowest BCUT2D eigenvalue weighted by atomic mass is 10.1. The topological polar surface area (TPSA) is 78.2 Å². The predicted octanol–water partition coefficient (Wildman–Crippen LogP) is 0.782. The number of nitrogens with two attached hydrogens (primary N) is 1. The lowest BCUT2D eigenvalue weighted by molar-refractivity contribution is 0.179. The molecule has 0 saturated carbocycles. The highest BCUT2D eigenvalue weighted by molar-refractivity contribution is 9.10. The molecule has 0 amide bonds. The van der Waals surface area contributed by atoms with Gasteiger partial charge in [-0.2, -0.15) is 0 Å². The molecular weight excluding hydrogens is 322 g/mol. The largest absolute Gasteiger partial charge is 0.353 e. The normalized spacial score (nSPS) is 18.2. The van der Waals surface area contributed by atoms with Crippen LogP contribution in [-0.2, 0) is 0 Å². The predicted molar refractivity (Wildman–Crippen MR) is 84.1 cm³/mol. The van der Waals surface area contributed by atoms with Gasteiger partial charge in [0, 0.05) is 38.8 Å². The maximum absolute atomic E-state index is 11.6. The Morgan fingerprint density at radius 3 is 2.75 bits per heavy atom. The number of hydrogen-bond donors (Lipinski definition) is 2. The van der Waals surface area contributed by atoms with E-state index in [0.29, 0.717) is 17.1 Å². The van der Waals surface area contributed by atoms with Gasteiger partial charge in [0.25, 0.3) is 5.56 Å². The Bertz CT molecular complexity index is 484. The van der Waals surface area contributed by atoms with Crippen LogP contribution >= 0.6 is 15.9 Å². The fraction of sp³-hybridized carbons (Fsp3) is 0.692. The van der Waals surface area contributed by atoms with Crippen molar-refractivity contribution in [2.45, 2.75) is 25.8 Å². The van der Waals surface area contributed by atoms with E-state index < -0.39 is 0 Å². The minimum atomic E-state index is -0.136. The van der Waals surface area contributed by atoms with E-state index in [1.807, 2.05) is 0 Å². The van der Waals surface area contributed by atoms with Crippen LogP contribution in [0.25, 0.3) is 0 Å². The van der Waals surface area contributed by atoms with Gasteiger partial charge in [0.15, 0.2) is 0 Å². The van der Waals surface area contributed by atoms with Crippen LogP contribution < -0.4 is 16.2 Å². The number of piperazine rings is 1. The molecule has 1 fully saturated rings. The van der Waals surface area contributed by atoms with Crippen molar-refractivity contribution in [2.75, 3.05) is 37.6 Å². The summed E-state index contributed by atoms with van der Waals surface area (Å²) in [4.78, 5) is 23.0. The van der Waals surface area contributed by atoms with Crippen molar-refractivity contribution < 1.29 is 0 Å². The first kappa shape index (κ1) is 15.5. The van der Waals surface area contributed by atoms with Gasteiger partial charge in [-0.3, -0.25) is 9.69 Å². The van der Waals surface area contributed by atoms with Gasteiger partial charge in [0.05, 0.1) is 6.33 Å². The minimum absolute atomic E-state index is 0.136. The molecule has 6 nitrogen and oxygen atoms in total. The summed E-state index contributed by atoms with van der Waals surface area (Å²) in [5.41, 5.74) is 5.72. The van der Waals surface area contributed by atoms with Crippen LogP contribution in [0.2, 0.25) is 0 Å². The highest BCUT2D eigenvalue weighted by atomic mass is 79.9. The Morgan fingerprint density at radius 2 is 2.15 bits per heavy atom. The zero-order chi connectivity index (χ0) is 14.5. The molecular formula is C13H22BrN5O. The number of halogens is 1. The first-order valence-corrected chi connectivity index (χ1v) is 7.89. The molecule has 20 heavy (non-hydrogen) atoms. The molecule has 7 heteroatoms. The molecule has 0 radical (unpaired) electrons. The Morgan fingerprint density at radius 1 is 1.45 bits per heavy atom. The Kier molecular flexibility index (Phi) is 5.56. The molecule has 1 aliphatic heterocycles. The number of nitrogens with one attached hydrogen (secondary N) is 1. The molecule has 1 unspecified atom stereocenters. The van der Waals surface area contributed by atoms with Crippen molar-refractivity contribution in [1.29, 1.82) is 0 Å². The quantitative estimate of drug-likeness (QED) is 0.826. The molecule has 0 spiro atoms. The molecule has 2 rings (SSSR count). The fourth-order valence-corrected chi connectivity index (χ4v) is 3.14. The summed E-state index contributed by atoms with van der Waals surface area (Å²) < 4.78 is 0.511. The zero-order valence-electron chi connectivity index (χ0n) is 11.8. The molecule has 1 saturated heterocycles. The summed E-state index contributed by atoms with van der Waals surface area (Å²) in [5, 5.41) is 0. The standard InChI is InChI=1S/C13H22BrN5O/c1-2-3-10(8-15)18-4-6-19(7-5-18)12-11(14)13(20)17-9-16-12/h9-10H,2-8,15H2,1H3,(H,16,17,20). The second kappa shape index (κ2) is 7.19. The zero-order valence-corrected chi connectivity index (χ0v) is 13.4. The van der Waals surface area contributed by atoms with E-state index in [2.05, 4.69) is 42.6 Å². The average molecular weight is 344 g/mol. The van der Waals surface area contributed by atoms with E-state index in [9.17, 15) is 4.79 Å². The highest BCUT2D eigenvalue weighted by Gasteiger charge is 2.24. The van der Waals surface area contributed by atoms with Gasteiger partial charge >= 0.3 is 0 Å². The highest BCUT2D eigenvalue weighted by Crippen LogP contribution is 2.21. The number of aromatic amines is 1. The molecule has 3 N–H and O–H groups in total. The van der Waals surface area contributed by atoms with E-state index in [1.165, 1.54) is 6.33 Å². The summed E-state index contributed by atoms with van der Waals surface area (Å²) in [6.45, 7) is 6.56. The van der Waals surface area contributed by atoms with Gasteiger partial charge in [-0.15, -0.1) is 0 Å². The second-order valence-corrected chi connectivity index (χ2v) is 5.86. The Labute approximate surface area is 127 Å². The summed E-state index contributed by atoms with van der Waals surface area (Å²) in [7, 11) is 0. The molecule has 1 aliphatic rings. The smallest absolute Gasteiger partial charge is 0.267 e. The van der Waals surface area contributed by atoms with Crippen LogP contribution in [0.1, 0.15) is 19.8 Å². The Balaban J connectivity index is 2.00. The van der Waals surface area contributed by atoms with Crippen LogP contribution in [0.15, 0.2) is 15.6 Å². The number of aromatic nitrogens is 2. The second-order valence-electron chi connectivity index (χ2n) is 5.07. The molecule has 0 aliphatic carbocycles. The van der Waals surface area contributed by atoms with Crippen molar-refractivity contribution in [3.8, 4) is 0 Å². The van der Waals surface area contributed by atoms with E-state index in [-0.39, 0.29) is 5.56 Å². The van der Waals surface area contributed by atoms with Gasteiger partial charge in [-0.1, -0.05) is 13.3 Å². The molecule has 112 valence electrons. The molecule has 1 aromatic rings. The third-order valence-electron chi connectivity index (χ3n) is 3.80. The van der Waals surface area contributed by atoms with Gasteiger partial charge < -0.3 is 15.6 Å². The van der Waals surface area contributed by atoms with Gasteiger partial charge in [0.2, 0.25) is 0 Å². The van der Waals surface area contributed by atoms with Crippen LogP contribution in [0.5, 0.6) is 0 Å². The number of nitrogens with zero attached hydrogens (tertiary/aromatic N) is 3. The third-order valence-corrected chi connectivity index (χ3v) is 4.52. The van der Waals surface area contributed by atoms with Gasteiger partial charge in [-0.25, -0.2) is 4.98 Å². The van der Waals surface area contributed by atoms with E-state index in [1.54, 1.807) is 0 Å². The van der Waals surface area contributed by atoms with Crippen molar-refractivity contribution in [1.82, 2.24) is 14.9 Å². The van der Waals surface area contributed by atoms with E-state index >= 15 is 0 Å². The summed E-state index contributed by atoms with van der Waals surface area (Å²) in [6, 6.07) is 0.470.